The van der Waals surface area contributed by atoms with E-state index in [2.05, 4.69) is 26.2 Å². The first-order chi connectivity index (χ1) is 18.2. The minimum absolute atomic E-state index is 0.00538. The number of rotatable bonds is 2. The van der Waals surface area contributed by atoms with Crippen molar-refractivity contribution in [3.8, 4) is 11.1 Å². The van der Waals surface area contributed by atoms with E-state index < -0.39 is 11.6 Å². The number of anilines is 1. The van der Waals surface area contributed by atoms with Crippen molar-refractivity contribution in [1.29, 1.82) is 0 Å². The molecule has 2 unspecified atom stereocenters. The van der Waals surface area contributed by atoms with Gasteiger partial charge < -0.3 is 10.2 Å². The normalized spacial score (nSPS) is 20.1. The highest BCUT2D eigenvalue weighted by molar-refractivity contribution is 9.10. The summed E-state index contributed by atoms with van der Waals surface area (Å²) in [5.74, 6) is -1.64. The van der Waals surface area contributed by atoms with Crippen LogP contribution in [0.3, 0.4) is 0 Å². The zero-order valence-corrected chi connectivity index (χ0v) is 23.0. The summed E-state index contributed by atoms with van der Waals surface area (Å²) < 4.78 is 29.6. The molecular weight excluding hydrogens is 576 g/mol. The summed E-state index contributed by atoms with van der Waals surface area (Å²) in [5, 5.41) is 2.93. The second-order valence-corrected chi connectivity index (χ2v) is 10.9. The molecule has 2 aliphatic heterocycles. The van der Waals surface area contributed by atoms with Crippen LogP contribution in [0.4, 0.5) is 14.5 Å². The molecule has 1 aromatic heterocycles. The third-order valence-corrected chi connectivity index (χ3v) is 8.13. The van der Waals surface area contributed by atoms with Crippen molar-refractivity contribution >= 4 is 50.6 Å². The van der Waals surface area contributed by atoms with Gasteiger partial charge in [0.15, 0.2) is 0 Å². The van der Waals surface area contributed by atoms with Crippen LogP contribution in [-0.4, -0.2) is 28.2 Å². The van der Waals surface area contributed by atoms with E-state index in [-0.39, 0.29) is 28.8 Å². The Morgan fingerprint density at radius 3 is 2.71 bits per heavy atom. The minimum atomic E-state index is -0.563. The third kappa shape index (κ3) is 5.24. The predicted molar refractivity (Wildman–Crippen MR) is 147 cm³/mol. The van der Waals surface area contributed by atoms with Crippen molar-refractivity contribution in [3.63, 3.8) is 0 Å². The third-order valence-electron chi connectivity index (χ3n) is 7.18. The summed E-state index contributed by atoms with van der Waals surface area (Å²) in [7, 11) is 0. The molecule has 0 radical (unpaired) electrons. The Labute approximate surface area is 233 Å². The maximum Gasteiger partial charge on any atom is 0.247 e. The molecule has 2 amide bonds. The van der Waals surface area contributed by atoms with Crippen molar-refractivity contribution in [2.45, 2.75) is 38.6 Å². The lowest BCUT2D eigenvalue weighted by molar-refractivity contribution is -0.129. The Kier molecular flexibility index (Phi) is 7.63. The van der Waals surface area contributed by atoms with Gasteiger partial charge in [-0.1, -0.05) is 40.9 Å². The van der Waals surface area contributed by atoms with Gasteiger partial charge in [0.1, 0.15) is 11.6 Å². The van der Waals surface area contributed by atoms with Crippen LogP contribution in [0.1, 0.15) is 49.9 Å². The van der Waals surface area contributed by atoms with Gasteiger partial charge in [-0.05, 0) is 72.9 Å². The molecule has 2 aromatic carbocycles. The first-order valence-electron chi connectivity index (χ1n) is 12.4. The van der Waals surface area contributed by atoms with Gasteiger partial charge in [-0.3, -0.25) is 14.6 Å². The van der Waals surface area contributed by atoms with Crippen molar-refractivity contribution < 1.29 is 18.4 Å². The smallest absolute Gasteiger partial charge is 0.247 e. The number of carbonyl (C=O) groups is 2. The second-order valence-electron chi connectivity index (χ2n) is 9.67. The molecule has 5 nitrogen and oxygen atoms in total. The standard InChI is InChI=1S/C29H25BrClF2N3O2/c1-16-3-2-4-25(36-12-10-18(14-26(36)37)27-21(30)6-7-22(31)28(27)33)24-13-17(9-11-34-24)20-15-19(32)5-8-23(20)35-29(16)38/h5-9,11,13-16,25H,2-4,10,12H2,1H3,(H,35,38). The Morgan fingerprint density at radius 2 is 1.92 bits per heavy atom. The van der Waals surface area contributed by atoms with Crippen LogP contribution in [-0.2, 0) is 9.59 Å². The summed E-state index contributed by atoms with van der Waals surface area (Å²) in [6, 6.07) is 10.6. The Morgan fingerprint density at radius 1 is 1.11 bits per heavy atom. The number of amides is 2. The monoisotopic (exact) mass is 599 g/mol. The zero-order valence-electron chi connectivity index (χ0n) is 20.6. The predicted octanol–water partition coefficient (Wildman–Crippen LogP) is 7.56. The van der Waals surface area contributed by atoms with Crippen molar-refractivity contribution in [3.05, 3.63) is 87.1 Å². The molecule has 3 aromatic rings. The van der Waals surface area contributed by atoms with Gasteiger partial charge in [0, 0.05) is 46.0 Å². The molecule has 2 bridgehead atoms. The first kappa shape index (κ1) is 26.5. The van der Waals surface area contributed by atoms with Gasteiger partial charge in [0.05, 0.1) is 16.8 Å². The largest absolute Gasteiger partial charge is 0.330 e. The summed E-state index contributed by atoms with van der Waals surface area (Å²) >= 11 is 9.39. The number of hydrogen-bond acceptors (Lipinski definition) is 3. The minimum Gasteiger partial charge on any atom is -0.330 e. The molecule has 0 fully saturated rings. The number of benzene rings is 2. The molecule has 9 heteroatoms. The second kappa shape index (κ2) is 10.9. The number of pyridine rings is 1. The van der Waals surface area contributed by atoms with Crippen molar-refractivity contribution in [2.75, 3.05) is 11.9 Å². The molecule has 3 heterocycles. The Balaban J connectivity index is 1.54. The SMILES string of the molecule is CC1CCCC(N2CCC(c3c(Br)ccc(Cl)c3F)=CC2=O)c2cc(ccn2)-c2cc(F)ccc2NC1=O. The molecule has 0 aliphatic carbocycles. The highest BCUT2D eigenvalue weighted by Gasteiger charge is 2.31. The number of fused-ring (bicyclic) bond motifs is 4. The van der Waals surface area contributed by atoms with E-state index in [4.69, 9.17) is 11.6 Å². The fraction of sp³-hybridized carbons (Fsp3) is 0.276. The van der Waals surface area contributed by atoms with Crippen molar-refractivity contribution in [2.24, 2.45) is 5.92 Å². The molecule has 2 atom stereocenters. The average molecular weight is 601 g/mol. The molecule has 38 heavy (non-hydrogen) atoms. The zero-order chi connectivity index (χ0) is 27.0. The number of nitrogens with one attached hydrogen (secondary N) is 1. The van der Waals surface area contributed by atoms with Gasteiger partial charge in [-0.15, -0.1) is 0 Å². The number of halogens is 4. The fourth-order valence-corrected chi connectivity index (χ4v) is 5.83. The van der Waals surface area contributed by atoms with E-state index in [0.717, 1.165) is 0 Å². The van der Waals surface area contributed by atoms with Gasteiger partial charge in [0.2, 0.25) is 11.8 Å². The van der Waals surface area contributed by atoms with Crippen LogP contribution in [0.25, 0.3) is 16.7 Å². The molecule has 2 aliphatic rings. The molecular formula is C29H25BrClF2N3O2. The summed E-state index contributed by atoms with van der Waals surface area (Å²) in [5.41, 5.74) is 3.30. The molecule has 196 valence electrons. The lowest BCUT2D eigenvalue weighted by Gasteiger charge is -2.34. The van der Waals surface area contributed by atoms with Crippen LogP contribution in [0, 0.1) is 17.6 Å². The van der Waals surface area contributed by atoms with Crippen LogP contribution in [0.5, 0.6) is 0 Å². The van der Waals surface area contributed by atoms with Crippen molar-refractivity contribution in [1.82, 2.24) is 9.88 Å². The summed E-state index contributed by atoms with van der Waals surface area (Å²) in [4.78, 5) is 32.6. The lowest BCUT2D eigenvalue weighted by Crippen LogP contribution is -2.38. The average Bonchev–Trinajstić information content (AvgIpc) is 2.90. The quantitative estimate of drug-likeness (QED) is 0.309. The van der Waals surface area contributed by atoms with Gasteiger partial charge >= 0.3 is 0 Å². The van der Waals surface area contributed by atoms with Gasteiger partial charge in [0.25, 0.3) is 0 Å². The highest BCUT2D eigenvalue weighted by Crippen LogP contribution is 2.38. The van der Waals surface area contributed by atoms with E-state index in [0.29, 0.717) is 70.3 Å². The first-order valence-corrected chi connectivity index (χ1v) is 13.6. The summed E-state index contributed by atoms with van der Waals surface area (Å²) in [6.07, 6.45) is 5.43. The van der Waals surface area contributed by atoms with E-state index in [1.807, 2.05) is 13.0 Å². The molecule has 0 saturated carbocycles. The molecule has 0 spiro atoms. The maximum absolute atomic E-state index is 14.8. The van der Waals surface area contributed by atoms with Crippen LogP contribution >= 0.6 is 27.5 Å². The molecule has 0 saturated heterocycles. The Bertz CT molecular complexity index is 1460. The van der Waals surface area contributed by atoms with Gasteiger partial charge in [-0.25, -0.2) is 8.78 Å². The van der Waals surface area contributed by atoms with E-state index >= 15 is 0 Å². The highest BCUT2D eigenvalue weighted by atomic mass is 79.9. The van der Waals surface area contributed by atoms with Crippen LogP contribution in [0.15, 0.2) is 59.2 Å². The lowest BCUT2D eigenvalue weighted by atomic mass is 9.92. The fourth-order valence-electron chi connectivity index (χ4n) is 5.11. The maximum atomic E-state index is 14.8. The number of carbonyl (C=O) groups excluding carboxylic acids is 2. The number of nitrogens with zero attached hydrogens (tertiary/aromatic N) is 2. The van der Waals surface area contributed by atoms with Gasteiger partial charge in [-0.2, -0.15) is 0 Å². The molecule has 1 N–H and O–H groups in total. The topological polar surface area (TPSA) is 62.3 Å². The summed E-state index contributed by atoms with van der Waals surface area (Å²) in [6.45, 7) is 2.22. The van der Waals surface area contributed by atoms with Crippen LogP contribution in [0.2, 0.25) is 5.02 Å². The molecule has 5 rings (SSSR count). The van der Waals surface area contributed by atoms with E-state index in [9.17, 15) is 18.4 Å². The van der Waals surface area contributed by atoms with E-state index in [1.165, 1.54) is 24.3 Å². The number of aromatic nitrogens is 1. The van der Waals surface area contributed by atoms with Crippen LogP contribution < -0.4 is 5.32 Å². The Hall–Kier alpha value is -3.10. The van der Waals surface area contributed by atoms with E-state index in [1.54, 1.807) is 29.3 Å². The number of hydrogen-bond donors (Lipinski definition) is 1.